The van der Waals surface area contributed by atoms with Gasteiger partial charge in [0.1, 0.15) is 12.4 Å². The maximum Gasteiger partial charge on any atom is 0.255 e. The van der Waals surface area contributed by atoms with E-state index in [4.69, 9.17) is 27.9 Å². The summed E-state index contributed by atoms with van der Waals surface area (Å²) in [6.45, 7) is -0.0745. The van der Waals surface area contributed by atoms with Gasteiger partial charge >= 0.3 is 0 Å². The fourth-order valence-corrected chi connectivity index (χ4v) is 5.21. The van der Waals surface area contributed by atoms with E-state index in [2.05, 4.69) is 10.5 Å². The van der Waals surface area contributed by atoms with Gasteiger partial charge in [-0.1, -0.05) is 77.8 Å². The van der Waals surface area contributed by atoms with Crippen LogP contribution >= 0.6 is 23.2 Å². The minimum Gasteiger partial charge on any atom is -0.489 e. The number of ether oxygens (including phenoxy) is 1. The maximum absolute atomic E-state index is 13.4. The highest BCUT2D eigenvalue weighted by molar-refractivity contribution is 7.89. The number of hydrogen-bond acceptors (Lipinski definition) is 5. The Kier molecular flexibility index (Phi) is 9.73. The van der Waals surface area contributed by atoms with Crippen LogP contribution in [0.15, 0.2) is 113 Å². The predicted octanol–water partition coefficient (Wildman–Crippen LogP) is 5.91. The van der Waals surface area contributed by atoms with Gasteiger partial charge in [-0.25, -0.2) is 13.8 Å². The van der Waals surface area contributed by atoms with Crippen LogP contribution in [0, 0.1) is 0 Å². The van der Waals surface area contributed by atoms with Crippen molar-refractivity contribution in [2.24, 2.45) is 5.10 Å². The third-order valence-electron chi connectivity index (χ3n) is 5.55. The number of carbonyl (C=O) groups excluding carboxylic acids is 1. The summed E-state index contributed by atoms with van der Waals surface area (Å²) in [5.41, 5.74) is 4.82. The van der Waals surface area contributed by atoms with Crippen LogP contribution < -0.4 is 10.2 Å². The quantitative estimate of drug-likeness (QED) is 0.176. The van der Waals surface area contributed by atoms with Crippen molar-refractivity contribution < 1.29 is 17.9 Å². The lowest BCUT2D eigenvalue weighted by Crippen LogP contribution is -2.39. The maximum atomic E-state index is 13.4. The SMILES string of the molecule is O=C(CN(Cc1ccc(Cl)cc1)S(=O)(=O)c1ccc(Cl)cc1)N/N=C\c1cccc(OCc2ccccc2)c1. The standard InChI is InChI=1S/C29H25Cl2N3O4S/c30-25-11-9-22(10-12-25)19-34(39(36,37)28-15-13-26(31)14-16-28)20-29(35)33-32-18-24-7-4-8-27(17-24)38-21-23-5-2-1-3-6-23/h1-18H,19-21H2,(H,33,35)/b32-18-. The smallest absolute Gasteiger partial charge is 0.255 e. The van der Waals surface area contributed by atoms with Crippen molar-refractivity contribution in [1.82, 2.24) is 9.73 Å². The first-order valence-corrected chi connectivity index (χ1v) is 14.1. The molecule has 0 atom stereocenters. The molecule has 10 heteroatoms. The largest absolute Gasteiger partial charge is 0.489 e. The minimum absolute atomic E-state index is 0.0180. The van der Waals surface area contributed by atoms with Crippen LogP contribution in [0.25, 0.3) is 0 Å². The Hall–Kier alpha value is -3.69. The summed E-state index contributed by atoms with van der Waals surface area (Å²) in [7, 11) is -4.02. The average Bonchev–Trinajstić information content (AvgIpc) is 2.94. The van der Waals surface area contributed by atoms with Crippen LogP contribution in [0.2, 0.25) is 10.0 Å². The highest BCUT2D eigenvalue weighted by Gasteiger charge is 2.27. The number of amides is 1. The van der Waals surface area contributed by atoms with Gasteiger partial charge in [0.05, 0.1) is 17.7 Å². The lowest BCUT2D eigenvalue weighted by Gasteiger charge is -2.21. The van der Waals surface area contributed by atoms with Crippen LogP contribution in [0.3, 0.4) is 0 Å². The molecule has 7 nitrogen and oxygen atoms in total. The van der Waals surface area contributed by atoms with E-state index in [1.54, 1.807) is 30.3 Å². The topological polar surface area (TPSA) is 88.1 Å². The molecule has 0 saturated carbocycles. The van der Waals surface area contributed by atoms with Crippen molar-refractivity contribution in [1.29, 1.82) is 0 Å². The van der Waals surface area contributed by atoms with Crippen LogP contribution in [0.1, 0.15) is 16.7 Å². The molecule has 0 spiro atoms. The Morgan fingerprint density at radius 3 is 2.21 bits per heavy atom. The molecule has 0 aliphatic heterocycles. The van der Waals surface area contributed by atoms with Gasteiger partial charge < -0.3 is 4.74 Å². The molecule has 1 N–H and O–H groups in total. The number of rotatable bonds is 11. The van der Waals surface area contributed by atoms with E-state index in [0.29, 0.717) is 33.5 Å². The average molecular weight is 583 g/mol. The fourth-order valence-electron chi connectivity index (χ4n) is 3.57. The molecule has 0 saturated heterocycles. The number of halogens is 2. The van der Waals surface area contributed by atoms with Gasteiger partial charge in [0.25, 0.3) is 5.91 Å². The normalized spacial score (nSPS) is 11.6. The molecule has 4 aromatic carbocycles. The zero-order valence-electron chi connectivity index (χ0n) is 20.7. The molecule has 39 heavy (non-hydrogen) atoms. The van der Waals surface area contributed by atoms with Gasteiger partial charge in [-0.15, -0.1) is 0 Å². The van der Waals surface area contributed by atoms with E-state index in [1.807, 2.05) is 48.5 Å². The van der Waals surface area contributed by atoms with E-state index < -0.39 is 22.5 Å². The van der Waals surface area contributed by atoms with Gasteiger partial charge in [-0.2, -0.15) is 9.41 Å². The van der Waals surface area contributed by atoms with Gasteiger partial charge in [-0.3, -0.25) is 4.79 Å². The van der Waals surface area contributed by atoms with Crippen molar-refractivity contribution in [2.45, 2.75) is 18.0 Å². The number of carbonyl (C=O) groups is 1. The molecule has 4 rings (SSSR count). The van der Waals surface area contributed by atoms with Gasteiger partial charge in [0.15, 0.2) is 0 Å². The summed E-state index contributed by atoms with van der Waals surface area (Å²) in [5.74, 6) is 0.0477. The van der Waals surface area contributed by atoms with Gasteiger partial charge in [-0.05, 0) is 65.2 Å². The number of sulfonamides is 1. The second kappa shape index (κ2) is 13.4. The molecule has 200 valence electrons. The lowest BCUT2D eigenvalue weighted by molar-refractivity contribution is -0.121. The van der Waals surface area contributed by atoms with Gasteiger partial charge in [0.2, 0.25) is 10.0 Å². The first-order chi connectivity index (χ1) is 18.8. The van der Waals surface area contributed by atoms with Crippen molar-refractivity contribution in [3.05, 3.63) is 130 Å². The van der Waals surface area contributed by atoms with Crippen molar-refractivity contribution in [3.8, 4) is 5.75 Å². The van der Waals surface area contributed by atoms with E-state index in [0.717, 1.165) is 9.87 Å². The highest BCUT2D eigenvalue weighted by Crippen LogP contribution is 2.21. The summed E-state index contributed by atoms with van der Waals surface area (Å²) < 4.78 is 33.6. The molecule has 0 unspecified atom stereocenters. The zero-order chi connectivity index (χ0) is 27.7. The summed E-state index contributed by atoms with van der Waals surface area (Å²) >= 11 is 11.9. The van der Waals surface area contributed by atoms with Crippen molar-refractivity contribution in [2.75, 3.05) is 6.54 Å². The highest BCUT2D eigenvalue weighted by atomic mass is 35.5. The molecular formula is C29H25Cl2N3O4S. The molecule has 0 aliphatic carbocycles. The zero-order valence-corrected chi connectivity index (χ0v) is 23.0. The summed E-state index contributed by atoms with van der Waals surface area (Å²) in [5, 5.41) is 4.93. The number of nitrogens with zero attached hydrogens (tertiary/aromatic N) is 2. The molecule has 0 aromatic heterocycles. The second-order valence-corrected chi connectivity index (χ2v) is 11.3. The van der Waals surface area contributed by atoms with Crippen LogP contribution in [-0.2, 0) is 28.0 Å². The Morgan fingerprint density at radius 1 is 0.846 bits per heavy atom. The molecular weight excluding hydrogens is 557 g/mol. The molecule has 4 aromatic rings. The third kappa shape index (κ3) is 8.40. The summed E-state index contributed by atoms with van der Waals surface area (Å²) in [6, 6.07) is 29.5. The van der Waals surface area contributed by atoms with Crippen LogP contribution in [0.5, 0.6) is 5.75 Å². The second-order valence-electron chi connectivity index (χ2n) is 8.49. The van der Waals surface area contributed by atoms with E-state index in [9.17, 15) is 13.2 Å². The summed E-state index contributed by atoms with van der Waals surface area (Å²) in [6.07, 6.45) is 1.46. The third-order valence-corrected chi connectivity index (χ3v) is 7.86. The number of nitrogens with one attached hydrogen (secondary N) is 1. The Labute approximate surface area is 237 Å². The Morgan fingerprint density at radius 2 is 1.51 bits per heavy atom. The molecule has 0 fully saturated rings. The Balaban J connectivity index is 1.42. The van der Waals surface area contributed by atoms with E-state index in [-0.39, 0.29) is 11.4 Å². The molecule has 0 bridgehead atoms. The van der Waals surface area contributed by atoms with Crippen LogP contribution in [0.4, 0.5) is 0 Å². The predicted molar refractivity (Wildman–Crippen MR) is 153 cm³/mol. The number of benzene rings is 4. The van der Waals surface area contributed by atoms with E-state index in [1.165, 1.54) is 30.5 Å². The fraction of sp³-hybridized carbons (Fsp3) is 0.103. The number of hydrazone groups is 1. The monoisotopic (exact) mass is 581 g/mol. The number of hydrogen-bond donors (Lipinski definition) is 1. The lowest BCUT2D eigenvalue weighted by atomic mass is 10.2. The van der Waals surface area contributed by atoms with Crippen molar-refractivity contribution >= 4 is 45.3 Å². The molecule has 0 heterocycles. The first-order valence-electron chi connectivity index (χ1n) is 11.9. The molecule has 0 radical (unpaired) electrons. The van der Waals surface area contributed by atoms with Crippen LogP contribution in [-0.4, -0.2) is 31.4 Å². The first kappa shape index (κ1) is 28.3. The Bertz CT molecular complexity index is 1530. The molecule has 1 amide bonds. The molecule has 0 aliphatic rings. The minimum atomic E-state index is -4.02. The van der Waals surface area contributed by atoms with Gasteiger partial charge in [0, 0.05) is 16.6 Å². The van der Waals surface area contributed by atoms with E-state index >= 15 is 0 Å². The summed E-state index contributed by atoms with van der Waals surface area (Å²) in [4.78, 5) is 12.8. The van der Waals surface area contributed by atoms with Crippen molar-refractivity contribution in [3.63, 3.8) is 0 Å².